The van der Waals surface area contributed by atoms with Crippen LogP contribution in [0.4, 0.5) is 0 Å². The second kappa shape index (κ2) is 7.46. The first-order chi connectivity index (χ1) is 8.11. The minimum Gasteiger partial charge on any atom is -0.393 e. The molecule has 0 spiro atoms. The van der Waals surface area contributed by atoms with Gasteiger partial charge in [-0.15, -0.1) is 0 Å². The molecule has 1 rings (SSSR count). The lowest BCUT2D eigenvalue weighted by Crippen LogP contribution is -2.11. The van der Waals surface area contributed by atoms with Crippen molar-refractivity contribution < 1.29 is 9.84 Å². The standard InChI is InChI=1S/C15H24O2/c1-12-8-13(2)10-14(9-12)11-15(16)6-4-5-7-17-3/h8-10,15-16H,4-7,11H2,1-3H3. The first-order valence-electron chi connectivity index (χ1n) is 6.36. The summed E-state index contributed by atoms with van der Waals surface area (Å²) in [5, 5.41) is 9.94. The van der Waals surface area contributed by atoms with E-state index in [2.05, 4.69) is 32.0 Å². The summed E-state index contributed by atoms with van der Waals surface area (Å²) < 4.78 is 4.99. The van der Waals surface area contributed by atoms with E-state index in [1.54, 1.807) is 7.11 Å². The number of rotatable bonds is 7. The summed E-state index contributed by atoms with van der Waals surface area (Å²) in [6.45, 7) is 4.99. The van der Waals surface area contributed by atoms with Gasteiger partial charge in [0, 0.05) is 13.7 Å². The highest BCUT2D eigenvalue weighted by molar-refractivity contribution is 5.28. The van der Waals surface area contributed by atoms with Crippen molar-refractivity contribution in [2.24, 2.45) is 0 Å². The molecule has 0 fully saturated rings. The number of aryl methyl sites for hydroxylation is 2. The summed E-state index contributed by atoms with van der Waals surface area (Å²) in [5.74, 6) is 0. The fourth-order valence-electron chi connectivity index (χ4n) is 2.19. The number of aliphatic hydroxyl groups excluding tert-OH is 1. The van der Waals surface area contributed by atoms with Crippen molar-refractivity contribution in [2.45, 2.75) is 45.6 Å². The molecule has 0 amide bonds. The molecule has 0 aliphatic carbocycles. The summed E-state index contributed by atoms with van der Waals surface area (Å²) in [6, 6.07) is 6.48. The average Bonchev–Trinajstić information content (AvgIpc) is 2.23. The molecular formula is C15H24O2. The Morgan fingerprint density at radius 2 is 1.76 bits per heavy atom. The van der Waals surface area contributed by atoms with Crippen LogP contribution in [0.2, 0.25) is 0 Å². The number of ether oxygens (including phenoxy) is 1. The Morgan fingerprint density at radius 1 is 1.12 bits per heavy atom. The molecule has 96 valence electrons. The highest BCUT2D eigenvalue weighted by Gasteiger charge is 2.06. The lowest BCUT2D eigenvalue weighted by Gasteiger charge is -2.11. The van der Waals surface area contributed by atoms with Crippen molar-refractivity contribution in [1.82, 2.24) is 0 Å². The predicted molar refractivity (Wildman–Crippen MR) is 71.4 cm³/mol. The molecule has 0 radical (unpaired) electrons. The molecule has 0 bridgehead atoms. The zero-order chi connectivity index (χ0) is 12.7. The van der Waals surface area contributed by atoms with Gasteiger partial charge in [0.05, 0.1) is 6.10 Å². The molecule has 2 heteroatoms. The molecule has 1 unspecified atom stereocenters. The number of methoxy groups -OCH3 is 1. The Bertz CT molecular complexity index is 313. The molecule has 0 aromatic heterocycles. The Balaban J connectivity index is 2.36. The van der Waals surface area contributed by atoms with Gasteiger partial charge in [0.2, 0.25) is 0 Å². The van der Waals surface area contributed by atoms with Crippen LogP contribution in [0.1, 0.15) is 36.0 Å². The summed E-state index contributed by atoms with van der Waals surface area (Å²) in [4.78, 5) is 0. The third-order valence-electron chi connectivity index (χ3n) is 2.89. The molecule has 1 atom stereocenters. The van der Waals surface area contributed by atoms with Gasteiger partial charge < -0.3 is 9.84 Å². The minimum atomic E-state index is -0.229. The van der Waals surface area contributed by atoms with E-state index in [-0.39, 0.29) is 6.10 Å². The first kappa shape index (κ1) is 14.2. The average molecular weight is 236 g/mol. The van der Waals surface area contributed by atoms with Gasteiger partial charge in [0.1, 0.15) is 0 Å². The van der Waals surface area contributed by atoms with Crippen LogP contribution in [0.5, 0.6) is 0 Å². The van der Waals surface area contributed by atoms with Crippen molar-refractivity contribution in [3.63, 3.8) is 0 Å². The first-order valence-corrected chi connectivity index (χ1v) is 6.36. The zero-order valence-electron chi connectivity index (χ0n) is 11.2. The van der Waals surface area contributed by atoms with Crippen LogP contribution in [0, 0.1) is 13.8 Å². The quantitative estimate of drug-likeness (QED) is 0.737. The van der Waals surface area contributed by atoms with Gasteiger partial charge in [-0.05, 0) is 45.1 Å². The fraction of sp³-hybridized carbons (Fsp3) is 0.600. The van der Waals surface area contributed by atoms with E-state index in [9.17, 15) is 5.11 Å². The Morgan fingerprint density at radius 3 is 2.35 bits per heavy atom. The maximum atomic E-state index is 9.94. The molecule has 1 aromatic carbocycles. The largest absolute Gasteiger partial charge is 0.393 e. The topological polar surface area (TPSA) is 29.5 Å². The van der Waals surface area contributed by atoms with Crippen LogP contribution in [0.15, 0.2) is 18.2 Å². The number of aliphatic hydroxyl groups is 1. The van der Waals surface area contributed by atoms with Crippen LogP contribution in [0.25, 0.3) is 0 Å². The minimum absolute atomic E-state index is 0.229. The van der Waals surface area contributed by atoms with E-state index < -0.39 is 0 Å². The van der Waals surface area contributed by atoms with Crippen LogP contribution in [-0.2, 0) is 11.2 Å². The van der Waals surface area contributed by atoms with E-state index in [4.69, 9.17) is 4.74 Å². The normalized spacial score (nSPS) is 12.7. The van der Waals surface area contributed by atoms with Crippen LogP contribution >= 0.6 is 0 Å². The van der Waals surface area contributed by atoms with Gasteiger partial charge in [-0.25, -0.2) is 0 Å². The fourth-order valence-corrected chi connectivity index (χ4v) is 2.19. The zero-order valence-corrected chi connectivity index (χ0v) is 11.2. The molecule has 0 heterocycles. The molecule has 1 N–H and O–H groups in total. The van der Waals surface area contributed by atoms with E-state index in [1.165, 1.54) is 16.7 Å². The maximum Gasteiger partial charge on any atom is 0.0580 e. The lowest BCUT2D eigenvalue weighted by atomic mass is 10.00. The van der Waals surface area contributed by atoms with E-state index in [1.807, 2.05) is 0 Å². The lowest BCUT2D eigenvalue weighted by molar-refractivity contribution is 0.149. The summed E-state index contributed by atoms with van der Waals surface area (Å²) in [6.07, 6.45) is 3.44. The molecular weight excluding hydrogens is 212 g/mol. The van der Waals surface area contributed by atoms with Crippen LogP contribution in [-0.4, -0.2) is 24.9 Å². The van der Waals surface area contributed by atoms with Gasteiger partial charge in [0.25, 0.3) is 0 Å². The highest BCUT2D eigenvalue weighted by Crippen LogP contribution is 2.13. The molecule has 0 aliphatic heterocycles. The van der Waals surface area contributed by atoms with Crippen molar-refractivity contribution in [1.29, 1.82) is 0 Å². The summed E-state index contributed by atoms with van der Waals surface area (Å²) >= 11 is 0. The van der Waals surface area contributed by atoms with E-state index in [0.717, 1.165) is 32.3 Å². The molecule has 1 aromatic rings. The molecule has 0 aliphatic rings. The Kier molecular flexibility index (Phi) is 6.23. The highest BCUT2D eigenvalue weighted by atomic mass is 16.5. The number of benzene rings is 1. The Hall–Kier alpha value is -0.860. The smallest absolute Gasteiger partial charge is 0.0580 e. The van der Waals surface area contributed by atoms with Crippen molar-refractivity contribution in [3.05, 3.63) is 34.9 Å². The predicted octanol–water partition coefficient (Wildman–Crippen LogP) is 3.02. The second-order valence-corrected chi connectivity index (χ2v) is 4.84. The van der Waals surface area contributed by atoms with Gasteiger partial charge in [-0.3, -0.25) is 0 Å². The second-order valence-electron chi connectivity index (χ2n) is 4.84. The van der Waals surface area contributed by atoms with Crippen molar-refractivity contribution in [3.8, 4) is 0 Å². The SMILES string of the molecule is COCCCCC(O)Cc1cc(C)cc(C)c1. The Labute approximate surface area is 105 Å². The van der Waals surface area contributed by atoms with Crippen LogP contribution in [0.3, 0.4) is 0 Å². The van der Waals surface area contributed by atoms with Gasteiger partial charge in [-0.1, -0.05) is 29.3 Å². The third kappa shape index (κ3) is 5.85. The summed E-state index contributed by atoms with van der Waals surface area (Å²) in [5.41, 5.74) is 3.78. The molecule has 0 saturated carbocycles. The maximum absolute atomic E-state index is 9.94. The van der Waals surface area contributed by atoms with E-state index in [0.29, 0.717) is 0 Å². The van der Waals surface area contributed by atoms with Crippen LogP contribution < -0.4 is 0 Å². The van der Waals surface area contributed by atoms with Gasteiger partial charge >= 0.3 is 0 Å². The van der Waals surface area contributed by atoms with E-state index >= 15 is 0 Å². The monoisotopic (exact) mass is 236 g/mol. The van der Waals surface area contributed by atoms with Gasteiger partial charge in [0.15, 0.2) is 0 Å². The molecule has 17 heavy (non-hydrogen) atoms. The number of hydrogen-bond donors (Lipinski definition) is 1. The van der Waals surface area contributed by atoms with Gasteiger partial charge in [-0.2, -0.15) is 0 Å². The molecule has 0 saturated heterocycles. The van der Waals surface area contributed by atoms with Crippen molar-refractivity contribution in [2.75, 3.05) is 13.7 Å². The third-order valence-corrected chi connectivity index (χ3v) is 2.89. The molecule has 2 nitrogen and oxygen atoms in total. The number of unbranched alkanes of at least 4 members (excludes halogenated alkanes) is 1. The summed E-state index contributed by atoms with van der Waals surface area (Å²) in [7, 11) is 1.71. The van der Waals surface area contributed by atoms with Crippen molar-refractivity contribution >= 4 is 0 Å². The number of hydrogen-bond acceptors (Lipinski definition) is 2.